The molecule has 6 heteroatoms. The van der Waals surface area contributed by atoms with Crippen LogP contribution in [0.4, 0.5) is 0 Å². The van der Waals surface area contributed by atoms with Crippen molar-refractivity contribution in [2.45, 2.75) is 38.2 Å². The number of carbonyl (C=O) groups excluding carboxylic acids is 1. The highest BCUT2D eigenvalue weighted by Crippen LogP contribution is 2.26. The number of hydrogen-bond acceptors (Lipinski definition) is 4. The summed E-state index contributed by atoms with van der Waals surface area (Å²) in [7, 11) is 0. The van der Waals surface area contributed by atoms with Crippen molar-refractivity contribution in [3.8, 4) is 5.69 Å². The summed E-state index contributed by atoms with van der Waals surface area (Å²) >= 11 is 0. The highest BCUT2D eigenvalue weighted by Gasteiger charge is 2.22. The van der Waals surface area contributed by atoms with Gasteiger partial charge in [-0.15, -0.1) is 5.10 Å². The summed E-state index contributed by atoms with van der Waals surface area (Å²) in [4.78, 5) is 12.3. The van der Waals surface area contributed by atoms with Crippen LogP contribution in [-0.2, 0) is 0 Å². The molecule has 1 aromatic carbocycles. The van der Waals surface area contributed by atoms with Gasteiger partial charge < -0.3 is 10.4 Å². The van der Waals surface area contributed by atoms with Gasteiger partial charge in [-0.25, -0.2) is 4.68 Å². The number of aliphatic hydroxyl groups is 1. The van der Waals surface area contributed by atoms with Gasteiger partial charge in [-0.3, -0.25) is 4.79 Å². The minimum atomic E-state index is -0.212. The van der Waals surface area contributed by atoms with Crippen LogP contribution in [-0.4, -0.2) is 38.7 Å². The first kappa shape index (κ1) is 15.7. The topological polar surface area (TPSA) is 80.0 Å². The van der Waals surface area contributed by atoms with E-state index in [0.29, 0.717) is 18.0 Å². The van der Waals surface area contributed by atoms with Gasteiger partial charge in [0, 0.05) is 12.1 Å². The number of amides is 1. The van der Waals surface area contributed by atoms with E-state index in [4.69, 9.17) is 0 Å². The Labute approximate surface area is 135 Å². The number of aromatic nitrogens is 3. The predicted octanol–water partition coefficient (Wildman–Crippen LogP) is 1.94. The summed E-state index contributed by atoms with van der Waals surface area (Å²) in [5.41, 5.74) is 1.40. The largest absolute Gasteiger partial charge is 0.393 e. The monoisotopic (exact) mass is 314 g/mol. The molecule has 3 rings (SSSR count). The van der Waals surface area contributed by atoms with Crippen LogP contribution >= 0.6 is 0 Å². The van der Waals surface area contributed by atoms with E-state index in [1.54, 1.807) is 29.2 Å². The van der Waals surface area contributed by atoms with E-state index in [1.165, 1.54) is 6.42 Å². The Morgan fingerprint density at radius 3 is 3.00 bits per heavy atom. The zero-order valence-corrected chi connectivity index (χ0v) is 13.1. The number of benzene rings is 1. The average Bonchev–Trinajstić information content (AvgIpc) is 3.11. The van der Waals surface area contributed by atoms with Crippen LogP contribution in [0, 0.1) is 5.92 Å². The zero-order valence-electron chi connectivity index (χ0n) is 13.1. The Bertz CT molecular complexity index is 642. The summed E-state index contributed by atoms with van der Waals surface area (Å²) in [6.45, 7) is 0.591. The SMILES string of the molecule is O=C(NCC[C@H]1CCCC[C@H]1O)c1cccc(-n2ccnn2)c1. The van der Waals surface area contributed by atoms with Crippen molar-refractivity contribution in [3.05, 3.63) is 42.2 Å². The van der Waals surface area contributed by atoms with Crippen molar-refractivity contribution in [2.24, 2.45) is 5.92 Å². The van der Waals surface area contributed by atoms with Crippen LogP contribution in [0.3, 0.4) is 0 Å². The normalized spacial score (nSPS) is 21.1. The molecule has 1 saturated carbocycles. The van der Waals surface area contributed by atoms with E-state index in [2.05, 4.69) is 15.6 Å². The van der Waals surface area contributed by atoms with Crippen LogP contribution in [0.25, 0.3) is 5.69 Å². The number of carbonyl (C=O) groups is 1. The highest BCUT2D eigenvalue weighted by molar-refractivity contribution is 5.94. The molecule has 0 aliphatic heterocycles. The minimum absolute atomic E-state index is 0.0998. The fraction of sp³-hybridized carbons (Fsp3) is 0.471. The summed E-state index contributed by atoms with van der Waals surface area (Å²) in [6.07, 6.45) is 8.18. The molecule has 0 spiro atoms. The maximum Gasteiger partial charge on any atom is 0.251 e. The zero-order chi connectivity index (χ0) is 16.1. The van der Waals surface area contributed by atoms with Crippen LogP contribution < -0.4 is 5.32 Å². The molecule has 2 atom stereocenters. The molecule has 1 aliphatic carbocycles. The first-order chi connectivity index (χ1) is 11.2. The van der Waals surface area contributed by atoms with Crippen molar-refractivity contribution in [2.75, 3.05) is 6.54 Å². The molecular formula is C17H22N4O2. The Morgan fingerprint density at radius 2 is 2.22 bits per heavy atom. The smallest absolute Gasteiger partial charge is 0.251 e. The fourth-order valence-corrected chi connectivity index (χ4v) is 3.13. The van der Waals surface area contributed by atoms with E-state index in [9.17, 15) is 9.90 Å². The molecule has 1 amide bonds. The first-order valence-corrected chi connectivity index (χ1v) is 8.17. The second-order valence-electron chi connectivity index (χ2n) is 6.05. The first-order valence-electron chi connectivity index (χ1n) is 8.17. The van der Waals surface area contributed by atoms with Gasteiger partial charge in [0.1, 0.15) is 0 Å². The molecule has 23 heavy (non-hydrogen) atoms. The number of aliphatic hydroxyl groups excluding tert-OH is 1. The molecule has 1 aliphatic rings. The molecule has 1 fully saturated rings. The molecule has 2 aromatic rings. The van der Waals surface area contributed by atoms with Crippen molar-refractivity contribution in [1.29, 1.82) is 0 Å². The molecule has 1 aromatic heterocycles. The van der Waals surface area contributed by atoms with Gasteiger partial charge in [-0.1, -0.05) is 24.1 Å². The molecule has 0 bridgehead atoms. The second kappa shape index (κ2) is 7.37. The van der Waals surface area contributed by atoms with Gasteiger partial charge >= 0.3 is 0 Å². The third-order valence-corrected chi connectivity index (χ3v) is 4.47. The van der Waals surface area contributed by atoms with Crippen LogP contribution in [0.1, 0.15) is 42.5 Å². The van der Waals surface area contributed by atoms with Crippen LogP contribution in [0.2, 0.25) is 0 Å². The molecular weight excluding hydrogens is 292 g/mol. The summed E-state index contributed by atoms with van der Waals surface area (Å²) < 4.78 is 1.62. The fourth-order valence-electron chi connectivity index (χ4n) is 3.13. The molecule has 1 heterocycles. The van der Waals surface area contributed by atoms with E-state index >= 15 is 0 Å². The van der Waals surface area contributed by atoms with E-state index in [0.717, 1.165) is 31.4 Å². The van der Waals surface area contributed by atoms with Gasteiger partial charge in [-0.05, 0) is 43.4 Å². The number of nitrogens with one attached hydrogen (secondary N) is 1. The molecule has 2 N–H and O–H groups in total. The quantitative estimate of drug-likeness (QED) is 0.884. The van der Waals surface area contributed by atoms with E-state index in [-0.39, 0.29) is 12.0 Å². The van der Waals surface area contributed by atoms with Gasteiger partial charge in [0.2, 0.25) is 0 Å². The number of nitrogens with zero attached hydrogens (tertiary/aromatic N) is 3. The highest BCUT2D eigenvalue weighted by atomic mass is 16.3. The Morgan fingerprint density at radius 1 is 1.35 bits per heavy atom. The second-order valence-corrected chi connectivity index (χ2v) is 6.05. The minimum Gasteiger partial charge on any atom is -0.393 e. The lowest BCUT2D eigenvalue weighted by atomic mass is 9.84. The standard InChI is InChI=1S/C17H22N4O2/c22-16-7-2-1-4-13(16)8-9-18-17(23)14-5-3-6-15(12-14)21-11-10-19-20-21/h3,5-6,10-13,16,22H,1-2,4,7-9H2,(H,18,23)/t13-,16-/m1/s1. The average molecular weight is 314 g/mol. The number of hydrogen-bond donors (Lipinski definition) is 2. The van der Waals surface area contributed by atoms with Crippen molar-refractivity contribution >= 4 is 5.91 Å². The van der Waals surface area contributed by atoms with Crippen molar-refractivity contribution in [1.82, 2.24) is 20.3 Å². The Kier molecular flexibility index (Phi) is 5.02. The van der Waals surface area contributed by atoms with E-state index < -0.39 is 0 Å². The van der Waals surface area contributed by atoms with E-state index in [1.807, 2.05) is 12.1 Å². The molecule has 0 radical (unpaired) electrons. The van der Waals surface area contributed by atoms with Gasteiger partial charge in [0.05, 0.1) is 24.2 Å². The molecule has 6 nitrogen and oxygen atoms in total. The van der Waals surface area contributed by atoms with Gasteiger partial charge in [-0.2, -0.15) is 0 Å². The van der Waals surface area contributed by atoms with Crippen molar-refractivity contribution < 1.29 is 9.90 Å². The lowest BCUT2D eigenvalue weighted by molar-refractivity contribution is 0.0643. The summed E-state index contributed by atoms with van der Waals surface area (Å²) in [5.74, 6) is 0.211. The number of rotatable bonds is 5. The maximum absolute atomic E-state index is 12.3. The molecule has 0 unspecified atom stereocenters. The summed E-state index contributed by atoms with van der Waals surface area (Å²) in [5, 5.41) is 20.6. The van der Waals surface area contributed by atoms with Gasteiger partial charge in [0.15, 0.2) is 0 Å². The third-order valence-electron chi connectivity index (χ3n) is 4.47. The van der Waals surface area contributed by atoms with Crippen LogP contribution in [0.15, 0.2) is 36.7 Å². The summed E-state index contributed by atoms with van der Waals surface area (Å²) in [6, 6.07) is 7.28. The predicted molar refractivity (Wildman–Crippen MR) is 86.3 cm³/mol. The molecule has 0 saturated heterocycles. The van der Waals surface area contributed by atoms with Gasteiger partial charge in [0.25, 0.3) is 5.91 Å². The lowest BCUT2D eigenvalue weighted by Crippen LogP contribution is -2.31. The van der Waals surface area contributed by atoms with Crippen LogP contribution in [0.5, 0.6) is 0 Å². The molecule has 122 valence electrons. The maximum atomic E-state index is 12.3. The third kappa shape index (κ3) is 3.96. The Balaban J connectivity index is 1.55. The van der Waals surface area contributed by atoms with Crippen molar-refractivity contribution in [3.63, 3.8) is 0 Å². The lowest BCUT2D eigenvalue weighted by Gasteiger charge is -2.27. The Hall–Kier alpha value is -2.21.